The molecule has 10 heavy (non-hydrogen) atoms. The standard InChI is InChI=1S/C3H10O5P2/c1-2-8-9(4)3-10(5,6)7/h9H,2-3H2,1H3,(H2,5,6,7). The second-order valence-electron chi connectivity index (χ2n) is 1.63. The molecule has 0 aromatic rings. The minimum absolute atomic E-state index is 0.220. The van der Waals surface area contributed by atoms with Gasteiger partial charge in [0.25, 0.3) is 0 Å². The van der Waals surface area contributed by atoms with Crippen molar-refractivity contribution in [2.45, 2.75) is 6.92 Å². The highest BCUT2D eigenvalue weighted by atomic mass is 31.2. The first kappa shape index (κ1) is 10.3. The second kappa shape index (κ2) is 4.27. The van der Waals surface area contributed by atoms with Crippen molar-refractivity contribution in [3.63, 3.8) is 0 Å². The number of rotatable bonds is 4. The molecule has 2 N–H and O–H groups in total. The minimum atomic E-state index is -4.14. The summed E-state index contributed by atoms with van der Waals surface area (Å²) < 4.78 is 25.2. The molecule has 7 heteroatoms. The third-order valence-corrected chi connectivity index (χ3v) is 3.93. The smallest absolute Gasteiger partial charge is 0.330 e. The molecule has 0 amide bonds. The average Bonchev–Trinajstić information content (AvgIpc) is 1.59. The van der Waals surface area contributed by atoms with Crippen molar-refractivity contribution in [2.24, 2.45) is 0 Å². The van der Waals surface area contributed by atoms with Crippen LogP contribution < -0.4 is 0 Å². The molecule has 0 spiro atoms. The topological polar surface area (TPSA) is 83.8 Å². The summed E-state index contributed by atoms with van der Waals surface area (Å²) in [7, 11) is -6.65. The fourth-order valence-corrected chi connectivity index (χ4v) is 2.41. The molecule has 0 aromatic heterocycles. The Morgan fingerprint density at radius 3 is 2.40 bits per heavy atom. The Kier molecular flexibility index (Phi) is 4.41. The van der Waals surface area contributed by atoms with Gasteiger partial charge >= 0.3 is 7.60 Å². The van der Waals surface area contributed by atoms with E-state index in [4.69, 9.17) is 9.79 Å². The van der Waals surface area contributed by atoms with Crippen LogP contribution in [0.25, 0.3) is 0 Å². The van der Waals surface area contributed by atoms with E-state index in [0.29, 0.717) is 0 Å². The molecule has 0 saturated heterocycles. The molecule has 0 aromatic carbocycles. The van der Waals surface area contributed by atoms with Gasteiger partial charge in [0.05, 0.1) is 6.61 Å². The van der Waals surface area contributed by atoms with E-state index in [1.807, 2.05) is 0 Å². The van der Waals surface area contributed by atoms with Crippen LogP contribution in [0.15, 0.2) is 0 Å². The van der Waals surface area contributed by atoms with Crippen LogP contribution in [0.4, 0.5) is 0 Å². The fourth-order valence-electron chi connectivity index (χ4n) is 0.375. The first-order chi connectivity index (χ1) is 4.45. The zero-order valence-corrected chi connectivity index (χ0v) is 7.38. The van der Waals surface area contributed by atoms with Crippen LogP contribution in [0.5, 0.6) is 0 Å². The summed E-state index contributed by atoms with van der Waals surface area (Å²) in [5.41, 5.74) is 0. The van der Waals surface area contributed by atoms with Gasteiger partial charge in [-0.05, 0) is 6.92 Å². The van der Waals surface area contributed by atoms with Crippen molar-refractivity contribution >= 4 is 15.6 Å². The molecule has 0 bridgehead atoms. The zero-order valence-electron chi connectivity index (χ0n) is 5.48. The summed E-state index contributed by atoms with van der Waals surface area (Å²) >= 11 is 0. The highest BCUT2D eigenvalue weighted by Crippen LogP contribution is 2.45. The number of hydrogen-bond donors (Lipinski definition) is 2. The van der Waals surface area contributed by atoms with E-state index in [1.54, 1.807) is 6.92 Å². The maximum atomic E-state index is 10.5. The third kappa shape index (κ3) is 6.46. The quantitative estimate of drug-likeness (QED) is 0.632. The van der Waals surface area contributed by atoms with Crippen LogP contribution in [0.2, 0.25) is 0 Å². The Morgan fingerprint density at radius 1 is 1.60 bits per heavy atom. The lowest BCUT2D eigenvalue weighted by Crippen LogP contribution is -1.85. The lowest BCUT2D eigenvalue weighted by molar-refractivity contribution is 0.346. The average molecular weight is 188 g/mol. The van der Waals surface area contributed by atoms with E-state index in [2.05, 4.69) is 4.52 Å². The van der Waals surface area contributed by atoms with Crippen molar-refractivity contribution in [3.05, 3.63) is 0 Å². The molecule has 1 unspecified atom stereocenters. The normalized spacial score (nSPS) is 15.1. The predicted molar refractivity (Wildman–Crippen MR) is 37.5 cm³/mol. The maximum Gasteiger partial charge on any atom is 0.334 e. The Balaban J connectivity index is 3.70. The molecule has 1 atom stereocenters. The monoisotopic (exact) mass is 188 g/mol. The van der Waals surface area contributed by atoms with Gasteiger partial charge in [-0.2, -0.15) is 0 Å². The summed E-state index contributed by atoms with van der Waals surface area (Å²) in [6.07, 6.45) is 0. The summed E-state index contributed by atoms with van der Waals surface area (Å²) in [6.45, 7) is 1.83. The SMILES string of the molecule is CCO[PH](=O)CP(=O)(O)O. The van der Waals surface area contributed by atoms with E-state index < -0.39 is 21.5 Å². The lowest BCUT2D eigenvalue weighted by atomic mass is 10.9. The van der Waals surface area contributed by atoms with Gasteiger partial charge in [0, 0.05) is 0 Å². The second-order valence-corrected chi connectivity index (χ2v) is 5.25. The Hall–Kier alpha value is 0.340. The molecule has 0 aliphatic rings. The molecular weight excluding hydrogens is 178 g/mol. The maximum absolute atomic E-state index is 10.5. The van der Waals surface area contributed by atoms with Gasteiger partial charge in [-0.3, -0.25) is 9.13 Å². The van der Waals surface area contributed by atoms with Crippen LogP contribution in [0.1, 0.15) is 6.92 Å². The molecular formula is C3H10O5P2. The lowest BCUT2D eigenvalue weighted by Gasteiger charge is -2.02. The summed E-state index contributed by atoms with van der Waals surface area (Å²) in [5, 5.41) is 0. The van der Waals surface area contributed by atoms with Crippen LogP contribution >= 0.6 is 15.6 Å². The number of hydrogen-bond acceptors (Lipinski definition) is 3. The molecule has 0 fully saturated rings. The van der Waals surface area contributed by atoms with E-state index in [9.17, 15) is 9.13 Å². The fraction of sp³-hybridized carbons (Fsp3) is 1.00. The van der Waals surface area contributed by atoms with E-state index in [-0.39, 0.29) is 6.61 Å². The molecule has 0 radical (unpaired) electrons. The Bertz CT molecular complexity index is 160. The highest BCUT2D eigenvalue weighted by molar-refractivity contribution is 7.64. The first-order valence-electron chi connectivity index (χ1n) is 2.66. The van der Waals surface area contributed by atoms with Crippen molar-refractivity contribution in [1.82, 2.24) is 0 Å². The minimum Gasteiger partial charge on any atom is -0.330 e. The van der Waals surface area contributed by atoms with Gasteiger partial charge in [-0.25, -0.2) is 0 Å². The van der Waals surface area contributed by atoms with Crippen molar-refractivity contribution in [1.29, 1.82) is 0 Å². The van der Waals surface area contributed by atoms with E-state index in [1.165, 1.54) is 0 Å². The van der Waals surface area contributed by atoms with Crippen molar-refractivity contribution in [2.75, 3.05) is 12.5 Å². The Morgan fingerprint density at radius 2 is 2.10 bits per heavy atom. The van der Waals surface area contributed by atoms with Gasteiger partial charge in [0.1, 0.15) is 5.90 Å². The zero-order chi connectivity index (χ0) is 8.20. The summed E-state index contributed by atoms with van der Waals surface area (Å²) in [6, 6.07) is 0. The van der Waals surface area contributed by atoms with Gasteiger partial charge in [0.2, 0.25) is 8.03 Å². The highest BCUT2D eigenvalue weighted by Gasteiger charge is 2.17. The molecule has 5 nitrogen and oxygen atoms in total. The van der Waals surface area contributed by atoms with Crippen LogP contribution in [-0.4, -0.2) is 22.3 Å². The third-order valence-electron chi connectivity index (χ3n) is 0.640. The van der Waals surface area contributed by atoms with Crippen molar-refractivity contribution in [3.8, 4) is 0 Å². The van der Waals surface area contributed by atoms with Crippen LogP contribution in [0.3, 0.4) is 0 Å². The van der Waals surface area contributed by atoms with Gasteiger partial charge < -0.3 is 14.3 Å². The summed E-state index contributed by atoms with van der Waals surface area (Å²) in [4.78, 5) is 16.5. The summed E-state index contributed by atoms with van der Waals surface area (Å²) in [5.74, 6) is -0.647. The van der Waals surface area contributed by atoms with Crippen LogP contribution in [-0.2, 0) is 13.7 Å². The van der Waals surface area contributed by atoms with Gasteiger partial charge in [-0.15, -0.1) is 0 Å². The largest absolute Gasteiger partial charge is 0.334 e. The van der Waals surface area contributed by atoms with E-state index >= 15 is 0 Å². The predicted octanol–water partition coefficient (Wildman–Crippen LogP) is 0.633. The first-order valence-corrected chi connectivity index (χ1v) is 5.98. The molecule has 0 aliphatic heterocycles. The molecule has 0 saturated carbocycles. The van der Waals surface area contributed by atoms with Crippen LogP contribution in [0, 0.1) is 0 Å². The molecule has 0 rings (SSSR count). The van der Waals surface area contributed by atoms with Gasteiger partial charge in [-0.1, -0.05) is 0 Å². The van der Waals surface area contributed by atoms with Crippen molar-refractivity contribution < 1.29 is 23.4 Å². The molecule has 0 aliphatic carbocycles. The molecule has 62 valence electrons. The van der Waals surface area contributed by atoms with Gasteiger partial charge in [0.15, 0.2) is 0 Å². The Labute approximate surface area is 59.4 Å². The molecule has 0 heterocycles. The van der Waals surface area contributed by atoms with E-state index in [0.717, 1.165) is 0 Å².